The lowest BCUT2D eigenvalue weighted by molar-refractivity contribution is -0.117. The van der Waals surface area contributed by atoms with Crippen molar-refractivity contribution in [3.63, 3.8) is 0 Å². The Hall–Kier alpha value is -3.07. The Bertz CT molecular complexity index is 983. The molecule has 0 spiro atoms. The number of hydrogen-bond donors (Lipinski definition) is 1. The van der Waals surface area contributed by atoms with E-state index in [-0.39, 0.29) is 11.3 Å². The van der Waals surface area contributed by atoms with Crippen LogP contribution in [-0.2, 0) is 4.79 Å². The Morgan fingerprint density at radius 3 is 2.68 bits per heavy atom. The first kappa shape index (κ1) is 16.8. The number of nitriles is 1. The minimum Gasteiger partial charge on any atom is -0.338 e. The Kier molecular flexibility index (Phi) is 4.09. The summed E-state index contributed by atoms with van der Waals surface area (Å²) in [7, 11) is 0. The molecule has 2 aromatic heterocycles. The average Bonchev–Trinajstić information content (AvgIpc) is 3.07. The van der Waals surface area contributed by atoms with Crippen LogP contribution in [0.1, 0.15) is 38.4 Å². The molecular weight excluding hydrogens is 316 g/mol. The van der Waals surface area contributed by atoms with E-state index in [0.717, 1.165) is 16.6 Å². The molecular formula is C19H20N4O2. The van der Waals surface area contributed by atoms with Crippen molar-refractivity contribution in [3.05, 3.63) is 41.6 Å². The second-order valence-corrected chi connectivity index (χ2v) is 7.34. The number of nitrogens with zero attached hydrogens (tertiary/aromatic N) is 3. The van der Waals surface area contributed by atoms with Gasteiger partial charge in [-0.05, 0) is 30.5 Å². The van der Waals surface area contributed by atoms with Crippen LogP contribution in [0.25, 0.3) is 16.8 Å². The van der Waals surface area contributed by atoms with Crippen LogP contribution in [-0.4, -0.2) is 15.6 Å². The highest BCUT2D eigenvalue weighted by Crippen LogP contribution is 2.30. The lowest BCUT2D eigenvalue weighted by atomic mass is 9.92. The van der Waals surface area contributed by atoms with Crippen LogP contribution in [0, 0.1) is 23.7 Å². The molecule has 3 aromatic rings. The molecule has 0 saturated heterocycles. The van der Waals surface area contributed by atoms with Gasteiger partial charge in [-0.3, -0.25) is 9.36 Å². The molecule has 1 N–H and O–H groups in total. The molecule has 0 saturated carbocycles. The number of aromatic nitrogens is 2. The van der Waals surface area contributed by atoms with E-state index in [0.29, 0.717) is 23.7 Å². The third kappa shape index (κ3) is 3.56. The van der Waals surface area contributed by atoms with E-state index in [9.17, 15) is 10.1 Å². The zero-order valence-electron chi connectivity index (χ0n) is 14.8. The van der Waals surface area contributed by atoms with Gasteiger partial charge in [0.15, 0.2) is 0 Å². The van der Waals surface area contributed by atoms with Gasteiger partial charge in [0.2, 0.25) is 11.8 Å². The number of hydrogen-bond acceptors (Lipinski definition) is 4. The van der Waals surface area contributed by atoms with Gasteiger partial charge in [0.05, 0.1) is 22.8 Å². The molecule has 1 aromatic carbocycles. The van der Waals surface area contributed by atoms with Gasteiger partial charge >= 0.3 is 0 Å². The van der Waals surface area contributed by atoms with E-state index >= 15 is 0 Å². The first-order chi connectivity index (χ1) is 11.8. The second kappa shape index (κ2) is 6.10. The zero-order valence-corrected chi connectivity index (χ0v) is 14.8. The first-order valence-corrected chi connectivity index (χ1v) is 8.06. The highest BCUT2D eigenvalue weighted by Gasteiger charge is 2.20. The lowest BCUT2D eigenvalue weighted by Crippen LogP contribution is -2.20. The monoisotopic (exact) mass is 336 g/mol. The number of fused-ring (bicyclic) bond motifs is 1. The second-order valence-electron chi connectivity index (χ2n) is 7.34. The Morgan fingerprint density at radius 1 is 1.32 bits per heavy atom. The number of benzene rings is 1. The fourth-order valence-corrected chi connectivity index (χ4v) is 2.72. The molecule has 25 heavy (non-hydrogen) atoms. The van der Waals surface area contributed by atoms with Crippen molar-refractivity contribution in [2.45, 2.75) is 34.1 Å². The van der Waals surface area contributed by atoms with Gasteiger partial charge in [0.25, 0.3) is 0 Å². The van der Waals surface area contributed by atoms with E-state index in [4.69, 9.17) is 4.52 Å². The summed E-state index contributed by atoms with van der Waals surface area (Å²) in [5.41, 5.74) is 1.94. The highest BCUT2D eigenvalue weighted by atomic mass is 16.5. The molecule has 128 valence electrons. The normalized spacial score (nSPS) is 11.5. The maximum atomic E-state index is 12.4. The predicted molar refractivity (Wildman–Crippen MR) is 95.5 cm³/mol. The number of anilines is 1. The van der Waals surface area contributed by atoms with Gasteiger partial charge in [0.1, 0.15) is 5.82 Å². The van der Waals surface area contributed by atoms with Crippen molar-refractivity contribution in [2.24, 2.45) is 5.41 Å². The molecule has 1 amide bonds. The van der Waals surface area contributed by atoms with Crippen molar-refractivity contribution in [1.82, 2.24) is 9.72 Å². The maximum absolute atomic E-state index is 12.4. The first-order valence-electron chi connectivity index (χ1n) is 8.06. The van der Waals surface area contributed by atoms with Crippen molar-refractivity contribution < 1.29 is 9.32 Å². The Morgan fingerprint density at radius 2 is 2.08 bits per heavy atom. The molecule has 6 nitrogen and oxygen atoms in total. The van der Waals surface area contributed by atoms with Crippen LogP contribution in [0.5, 0.6) is 0 Å². The van der Waals surface area contributed by atoms with E-state index in [1.54, 1.807) is 22.8 Å². The van der Waals surface area contributed by atoms with Crippen molar-refractivity contribution in [3.8, 4) is 12.0 Å². The summed E-state index contributed by atoms with van der Waals surface area (Å²) in [6.45, 7) is 7.88. The van der Waals surface area contributed by atoms with E-state index in [2.05, 4.69) is 16.5 Å². The summed E-state index contributed by atoms with van der Waals surface area (Å²) in [4.78, 5) is 12.4. The van der Waals surface area contributed by atoms with Crippen LogP contribution in [0.15, 0.2) is 34.9 Å². The molecule has 0 atom stereocenters. The molecule has 3 rings (SSSR count). The average molecular weight is 336 g/mol. The molecule has 0 aliphatic rings. The molecule has 0 radical (unpaired) electrons. The number of aryl methyl sites for hydroxylation is 1. The minimum atomic E-state index is -0.113. The van der Waals surface area contributed by atoms with Gasteiger partial charge in [-0.2, -0.15) is 5.26 Å². The summed E-state index contributed by atoms with van der Waals surface area (Å²) in [5.74, 6) is 1.01. The van der Waals surface area contributed by atoms with E-state index in [1.165, 1.54) is 0 Å². The summed E-state index contributed by atoms with van der Waals surface area (Å²) >= 11 is 0. The van der Waals surface area contributed by atoms with E-state index in [1.807, 2.05) is 39.8 Å². The fraction of sp³-hybridized carbons (Fsp3) is 0.316. The number of nitrogens with one attached hydrogen (secondary N) is 1. The lowest BCUT2D eigenvalue weighted by Gasteiger charge is -2.17. The number of amides is 1. The third-order valence-corrected chi connectivity index (χ3v) is 3.73. The van der Waals surface area contributed by atoms with Gasteiger partial charge in [-0.1, -0.05) is 32.0 Å². The van der Waals surface area contributed by atoms with Crippen molar-refractivity contribution >= 4 is 22.6 Å². The van der Waals surface area contributed by atoms with Crippen LogP contribution in [0.2, 0.25) is 0 Å². The van der Waals surface area contributed by atoms with Crippen molar-refractivity contribution in [1.29, 1.82) is 5.26 Å². The zero-order chi connectivity index (χ0) is 18.2. The van der Waals surface area contributed by atoms with Gasteiger partial charge in [0, 0.05) is 17.9 Å². The Labute approximate surface area is 146 Å². The molecule has 6 heteroatoms. The summed E-state index contributed by atoms with van der Waals surface area (Å²) < 4.78 is 7.17. The fourth-order valence-electron chi connectivity index (χ4n) is 2.72. The summed E-state index contributed by atoms with van der Waals surface area (Å²) in [5, 5.41) is 17.0. The van der Waals surface area contributed by atoms with Crippen LogP contribution in [0.3, 0.4) is 0 Å². The summed E-state index contributed by atoms with van der Waals surface area (Å²) in [6, 6.07) is 11.2. The van der Waals surface area contributed by atoms with Crippen LogP contribution < -0.4 is 5.32 Å². The smallest absolute Gasteiger partial charge is 0.237 e. The summed E-state index contributed by atoms with van der Waals surface area (Å²) in [6.07, 6.45) is 0.396. The molecule has 0 unspecified atom stereocenters. The predicted octanol–water partition coefficient (Wildman–Crippen LogP) is 4.17. The van der Waals surface area contributed by atoms with Gasteiger partial charge in [-0.15, -0.1) is 0 Å². The van der Waals surface area contributed by atoms with Gasteiger partial charge in [-0.25, -0.2) is 0 Å². The maximum Gasteiger partial charge on any atom is 0.237 e. The minimum absolute atomic E-state index is 0.0756. The number of carbonyl (C=O) groups is 1. The standard InChI is InChI=1S/C19H20N4O2/c1-12-7-18(25-22-12)23-15-8-13(11-20)5-6-14(15)9-16(23)21-17(24)10-19(2,3)4/h5-9H,10H2,1-4H3,(H,21,24). The highest BCUT2D eigenvalue weighted by molar-refractivity contribution is 5.96. The Balaban J connectivity index is 2.11. The van der Waals surface area contributed by atoms with Gasteiger partial charge < -0.3 is 9.84 Å². The molecule has 2 heterocycles. The molecule has 0 aliphatic carbocycles. The quantitative estimate of drug-likeness (QED) is 0.778. The molecule has 0 aliphatic heterocycles. The van der Waals surface area contributed by atoms with Crippen LogP contribution >= 0.6 is 0 Å². The van der Waals surface area contributed by atoms with Crippen LogP contribution in [0.4, 0.5) is 5.82 Å². The topological polar surface area (TPSA) is 83.9 Å². The molecule has 0 bridgehead atoms. The largest absolute Gasteiger partial charge is 0.338 e. The number of carbonyl (C=O) groups excluding carboxylic acids is 1. The van der Waals surface area contributed by atoms with Crippen molar-refractivity contribution in [2.75, 3.05) is 5.32 Å². The third-order valence-electron chi connectivity index (χ3n) is 3.73. The molecule has 0 fully saturated rings. The SMILES string of the molecule is Cc1cc(-n2c(NC(=O)CC(C)(C)C)cc3ccc(C#N)cc32)on1. The van der Waals surface area contributed by atoms with E-state index < -0.39 is 0 Å². The number of rotatable bonds is 3.